The topological polar surface area (TPSA) is 71.5 Å². The van der Waals surface area contributed by atoms with Crippen LogP contribution in [0.25, 0.3) is 0 Å². The second kappa shape index (κ2) is 10.4. The molecule has 2 amide bonds. The predicted octanol–water partition coefficient (Wildman–Crippen LogP) is 5.07. The first kappa shape index (κ1) is 24.0. The molecule has 0 spiro atoms. The minimum Gasteiger partial charge on any atom is -0.489 e. The Balaban J connectivity index is 1.35. The molecule has 182 valence electrons. The summed E-state index contributed by atoms with van der Waals surface area (Å²) in [5, 5.41) is 2.78. The smallest absolute Gasteiger partial charge is 0.391 e. The lowest BCUT2D eigenvalue weighted by atomic mass is 9.81. The van der Waals surface area contributed by atoms with E-state index in [-0.39, 0.29) is 55.9 Å². The Labute approximate surface area is 196 Å². The Kier molecular flexibility index (Phi) is 7.38. The molecule has 1 aliphatic heterocycles. The van der Waals surface area contributed by atoms with Crippen molar-refractivity contribution < 1.29 is 27.5 Å². The number of pyridine rings is 1. The number of para-hydroxylation sites is 1. The maximum atomic E-state index is 13.1. The molecule has 2 aromatic rings. The molecule has 1 saturated carbocycles. The van der Waals surface area contributed by atoms with Gasteiger partial charge in [-0.05, 0) is 62.8 Å². The molecular weight excluding hydrogens is 447 g/mol. The highest BCUT2D eigenvalue weighted by Crippen LogP contribution is 2.40. The van der Waals surface area contributed by atoms with Crippen molar-refractivity contribution in [3.8, 4) is 5.75 Å². The van der Waals surface area contributed by atoms with Gasteiger partial charge in [0.05, 0.1) is 12.0 Å². The van der Waals surface area contributed by atoms with Crippen molar-refractivity contribution in [2.75, 3.05) is 18.5 Å². The molecule has 34 heavy (non-hydrogen) atoms. The van der Waals surface area contributed by atoms with Crippen molar-refractivity contribution >= 4 is 17.5 Å². The third-order valence-corrected chi connectivity index (χ3v) is 6.65. The number of rotatable bonds is 6. The monoisotopic (exact) mass is 475 g/mol. The van der Waals surface area contributed by atoms with Crippen LogP contribution < -0.4 is 10.1 Å². The molecule has 9 heteroatoms. The lowest BCUT2D eigenvalue weighted by Gasteiger charge is -2.33. The lowest BCUT2D eigenvalue weighted by Crippen LogP contribution is -2.44. The number of carbonyl (C=O) groups excluding carboxylic acids is 2. The summed E-state index contributed by atoms with van der Waals surface area (Å²) in [4.78, 5) is 31.7. The van der Waals surface area contributed by atoms with Gasteiger partial charge < -0.3 is 15.0 Å². The highest BCUT2D eigenvalue weighted by molar-refractivity contribution is 6.04. The number of hydrogen-bond acceptors (Lipinski definition) is 4. The van der Waals surface area contributed by atoms with E-state index in [9.17, 15) is 22.8 Å². The van der Waals surface area contributed by atoms with E-state index in [4.69, 9.17) is 4.74 Å². The molecule has 0 radical (unpaired) electrons. The first-order valence-electron chi connectivity index (χ1n) is 11.6. The van der Waals surface area contributed by atoms with Gasteiger partial charge in [0, 0.05) is 24.3 Å². The van der Waals surface area contributed by atoms with Crippen LogP contribution in [0.3, 0.4) is 0 Å². The second-order valence-electron chi connectivity index (χ2n) is 8.90. The summed E-state index contributed by atoms with van der Waals surface area (Å²) in [6, 6.07) is 12.2. The number of hydrogen-bond donors (Lipinski definition) is 1. The van der Waals surface area contributed by atoms with Gasteiger partial charge >= 0.3 is 6.18 Å². The number of carbonyl (C=O) groups is 2. The number of likely N-dealkylation sites (tertiary alicyclic amines) is 1. The van der Waals surface area contributed by atoms with Gasteiger partial charge in [-0.25, -0.2) is 4.98 Å². The lowest BCUT2D eigenvalue weighted by molar-refractivity contribution is -0.185. The van der Waals surface area contributed by atoms with Crippen molar-refractivity contribution in [3.05, 3.63) is 54.4 Å². The van der Waals surface area contributed by atoms with E-state index in [0.29, 0.717) is 18.0 Å². The molecule has 2 aliphatic rings. The molecule has 1 atom stereocenters. The summed E-state index contributed by atoms with van der Waals surface area (Å²) in [5.74, 6) is -1.84. The number of amides is 2. The summed E-state index contributed by atoms with van der Waals surface area (Å²) in [7, 11) is 0. The third-order valence-electron chi connectivity index (χ3n) is 6.65. The molecule has 4 rings (SSSR count). The highest BCUT2D eigenvalue weighted by Gasteiger charge is 2.44. The molecule has 1 saturated heterocycles. The number of alkyl halides is 3. The average Bonchev–Trinajstić information content (AvgIpc) is 3.31. The number of ether oxygens (including phenoxy) is 1. The molecule has 1 aliphatic carbocycles. The fourth-order valence-electron chi connectivity index (χ4n) is 4.78. The summed E-state index contributed by atoms with van der Waals surface area (Å²) in [6.07, 6.45) is -0.586. The molecule has 6 nitrogen and oxygen atoms in total. The Morgan fingerprint density at radius 2 is 1.76 bits per heavy atom. The van der Waals surface area contributed by atoms with Crippen LogP contribution in [0.1, 0.15) is 49.0 Å². The zero-order valence-corrected chi connectivity index (χ0v) is 18.8. The first-order chi connectivity index (χ1) is 16.3. The standard InChI is InChI=1S/C25H28F3N3O3/c26-25(27,28)18-12-10-17(11-13-18)24(33)31-15-5-8-20(31)16-34-21-9-4-14-29-22(21)23(32)30-19-6-2-1-3-7-19/h1-4,6-7,9,14,17-18,20H,5,8,10-13,15-16H2,(H,30,32)/t17-,18-,20-/m1/s1. The van der Waals surface area contributed by atoms with Crippen LogP contribution >= 0.6 is 0 Å². The molecule has 1 N–H and O–H groups in total. The SMILES string of the molecule is O=C(Nc1ccccc1)c1ncccc1OC[C@H]1CCCN1C(=O)[C@H]1CC[C@H](C(F)(F)F)CC1. The van der Waals surface area contributed by atoms with E-state index in [1.807, 2.05) is 18.2 Å². The van der Waals surface area contributed by atoms with E-state index < -0.39 is 18.0 Å². The van der Waals surface area contributed by atoms with Crippen LogP contribution in [0, 0.1) is 11.8 Å². The van der Waals surface area contributed by atoms with E-state index in [0.717, 1.165) is 12.8 Å². The molecule has 2 fully saturated rings. The number of aromatic nitrogens is 1. The van der Waals surface area contributed by atoms with Gasteiger partial charge in [-0.15, -0.1) is 0 Å². The minimum atomic E-state index is -4.19. The predicted molar refractivity (Wildman–Crippen MR) is 120 cm³/mol. The van der Waals surface area contributed by atoms with E-state index >= 15 is 0 Å². The van der Waals surface area contributed by atoms with Crippen LogP contribution in [0.5, 0.6) is 5.75 Å². The fraction of sp³-hybridized carbons (Fsp3) is 0.480. The number of halogens is 3. The van der Waals surface area contributed by atoms with Crippen LogP contribution in [-0.4, -0.2) is 47.1 Å². The number of nitrogens with one attached hydrogen (secondary N) is 1. The quantitative estimate of drug-likeness (QED) is 0.633. The number of benzene rings is 1. The fourth-order valence-corrected chi connectivity index (χ4v) is 4.78. The van der Waals surface area contributed by atoms with Gasteiger partial charge in [-0.1, -0.05) is 18.2 Å². The summed E-state index contributed by atoms with van der Waals surface area (Å²) < 4.78 is 44.8. The van der Waals surface area contributed by atoms with Crippen LogP contribution in [0.2, 0.25) is 0 Å². The number of nitrogens with zero attached hydrogens (tertiary/aromatic N) is 2. The van der Waals surface area contributed by atoms with Crippen molar-refractivity contribution in [3.63, 3.8) is 0 Å². The molecule has 1 aromatic carbocycles. The van der Waals surface area contributed by atoms with Gasteiger partial charge in [0.2, 0.25) is 5.91 Å². The number of anilines is 1. The zero-order chi connectivity index (χ0) is 24.1. The molecule has 1 aromatic heterocycles. The summed E-state index contributed by atoms with van der Waals surface area (Å²) in [6.45, 7) is 0.765. The Morgan fingerprint density at radius 1 is 1.03 bits per heavy atom. The Morgan fingerprint density at radius 3 is 2.47 bits per heavy atom. The van der Waals surface area contributed by atoms with Crippen molar-refractivity contribution in [1.82, 2.24) is 9.88 Å². The van der Waals surface area contributed by atoms with E-state index in [1.54, 1.807) is 29.2 Å². The van der Waals surface area contributed by atoms with Crippen LogP contribution in [0.4, 0.5) is 18.9 Å². The molecule has 0 unspecified atom stereocenters. The normalized spacial score (nSPS) is 22.9. The van der Waals surface area contributed by atoms with Crippen LogP contribution in [0.15, 0.2) is 48.7 Å². The minimum absolute atomic E-state index is 0.00445. The van der Waals surface area contributed by atoms with Gasteiger partial charge in [-0.2, -0.15) is 13.2 Å². The largest absolute Gasteiger partial charge is 0.489 e. The van der Waals surface area contributed by atoms with Gasteiger partial charge in [-0.3, -0.25) is 9.59 Å². The van der Waals surface area contributed by atoms with Crippen molar-refractivity contribution in [2.45, 2.75) is 50.7 Å². The van der Waals surface area contributed by atoms with Crippen molar-refractivity contribution in [1.29, 1.82) is 0 Å². The third kappa shape index (κ3) is 5.69. The average molecular weight is 476 g/mol. The van der Waals surface area contributed by atoms with E-state index in [2.05, 4.69) is 10.3 Å². The van der Waals surface area contributed by atoms with Crippen molar-refractivity contribution in [2.24, 2.45) is 11.8 Å². The van der Waals surface area contributed by atoms with E-state index in [1.165, 1.54) is 6.20 Å². The summed E-state index contributed by atoms with van der Waals surface area (Å²) in [5.41, 5.74) is 0.782. The molecule has 0 bridgehead atoms. The highest BCUT2D eigenvalue weighted by atomic mass is 19.4. The Hall–Kier alpha value is -3.10. The molecular formula is C25H28F3N3O3. The van der Waals surface area contributed by atoms with Gasteiger partial charge in [0.1, 0.15) is 6.61 Å². The maximum Gasteiger partial charge on any atom is 0.391 e. The molecule has 2 heterocycles. The maximum absolute atomic E-state index is 13.1. The summed E-state index contributed by atoms with van der Waals surface area (Å²) >= 11 is 0. The van der Waals surface area contributed by atoms with Gasteiger partial charge in [0.25, 0.3) is 5.91 Å². The van der Waals surface area contributed by atoms with Gasteiger partial charge in [0.15, 0.2) is 11.4 Å². The first-order valence-corrected chi connectivity index (χ1v) is 11.6. The zero-order valence-electron chi connectivity index (χ0n) is 18.8. The Bertz CT molecular complexity index is 992. The second-order valence-corrected chi connectivity index (χ2v) is 8.90. The van der Waals surface area contributed by atoms with Crippen LogP contribution in [-0.2, 0) is 4.79 Å².